The van der Waals surface area contributed by atoms with E-state index in [1.807, 2.05) is 12.2 Å². The summed E-state index contributed by atoms with van der Waals surface area (Å²) in [5.41, 5.74) is 1.27. The molecule has 0 bridgehead atoms. The standard InChI is InChI=1S/C15H15NOS/c1-2-16-13-9-6-7-10-14(13)18-15(16)11-5-3-4-8-12-17/h3-12H,2H2,1H3/b5-3?,8-4+,15-11?. The summed E-state index contributed by atoms with van der Waals surface area (Å²) >= 11 is 1.77. The van der Waals surface area contributed by atoms with Gasteiger partial charge in [0, 0.05) is 11.4 Å². The zero-order valence-corrected chi connectivity index (χ0v) is 11.1. The minimum atomic E-state index is 0.774. The molecule has 0 aromatic heterocycles. The van der Waals surface area contributed by atoms with Gasteiger partial charge in [-0.05, 0) is 31.2 Å². The number of rotatable bonds is 4. The third-order valence-electron chi connectivity index (χ3n) is 2.60. The van der Waals surface area contributed by atoms with Gasteiger partial charge in [-0.15, -0.1) is 0 Å². The number of benzene rings is 1. The van der Waals surface area contributed by atoms with E-state index >= 15 is 0 Å². The summed E-state index contributed by atoms with van der Waals surface area (Å²) in [6, 6.07) is 8.40. The zero-order valence-electron chi connectivity index (χ0n) is 10.2. The fourth-order valence-electron chi connectivity index (χ4n) is 1.81. The van der Waals surface area contributed by atoms with Crippen LogP contribution in [-0.4, -0.2) is 12.8 Å². The van der Waals surface area contributed by atoms with Gasteiger partial charge in [0.05, 0.1) is 10.7 Å². The molecule has 0 N–H and O–H groups in total. The second-order valence-electron chi connectivity index (χ2n) is 3.72. The average Bonchev–Trinajstić information content (AvgIpc) is 2.76. The summed E-state index contributed by atoms with van der Waals surface area (Å²) < 4.78 is 0. The largest absolute Gasteiger partial charge is 0.335 e. The van der Waals surface area contributed by atoms with Crippen LogP contribution in [0.3, 0.4) is 0 Å². The van der Waals surface area contributed by atoms with Gasteiger partial charge < -0.3 is 4.90 Å². The summed E-state index contributed by atoms with van der Waals surface area (Å²) in [4.78, 5) is 13.7. The van der Waals surface area contributed by atoms with Crippen molar-refractivity contribution in [3.63, 3.8) is 0 Å². The molecule has 0 aliphatic carbocycles. The number of hydrogen-bond acceptors (Lipinski definition) is 3. The van der Waals surface area contributed by atoms with E-state index in [0.29, 0.717) is 0 Å². The Kier molecular flexibility index (Phi) is 4.42. The maximum Gasteiger partial charge on any atom is 0.142 e. The topological polar surface area (TPSA) is 20.3 Å². The molecule has 1 aromatic rings. The maximum absolute atomic E-state index is 10.1. The van der Waals surface area contributed by atoms with E-state index < -0.39 is 0 Å². The molecule has 0 spiro atoms. The Morgan fingerprint density at radius 1 is 1.17 bits per heavy atom. The Bertz CT molecular complexity index is 517. The predicted molar refractivity (Wildman–Crippen MR) is 77.7 cm³/mol. The van der Waals surface area contributed by atoms with E-state index in [1.165, 1.54) is 21.7 Å². The van der Waals surface area contributed by atoms with Gasteiger partial charge in [-0.2, -0.15) is 0 Å². The molecule has 2 nitrogen and oxygen atoms in total. The highest BCUT2D eigenvalue weighted by Crippen LogP contribution is 2.45. The first kappa shape index (κ1) is 12.7. The molecule has 1 aliphatic heterocycles. The Morgan fingerprint density at radius 2 is 1.94 bits per heavy atom. The smallest absolute Gasteiger partial charge is 0.142 e. The van der Waals surface area contributed by atoms with Gasteiger partial charge in [0.1, 0.15) is 6.29 Å². The highest BCUT2D eigenvalue weighted by molar-refractivity contribution is 8.03. The lowest BCUT2D eigenvalue weighted by Gasteiger charge is -2.17. The molecule has 1 heterocycles. The average molecular weight is 257 g/mol. The maximum atomic E-state index is 10.1. The molecule has 1 aliphatic rings. The molecule has 0 saturated carbocycles. The lowest BCUT2D eigenvalue weighted by Crippen LogP contribution is -2.16. The molecule has 18 heavy (non-hydrogen) atoms. The van der Waals surface area contributed by atoms with E-state index in [0.717, 1.165) is 12.8 Å². The highest BCUT2D eigenvalue weighted by Gasteiger charge is 2.22. The Morgan fingerprint density at radius 3 is 2.72 bits per heavy atom. The van der Waals surface area contributed by atoms with Crippen LogP contribution in [0.2, 0.25) is 0 Å². The number of carbonyl (C=O) groups excluding carboxylic acids is 1. The monoisotopic (exact) mass is 257 g/mol. The van der Waals surface area contributed by atoms with Crippen molar-refractivity contribution in [2.24, 2.45) is 0 Å². The Labute approximate surface area is 112 Å². The van der Waals surface area contributed by atoms with Crippen LogP contribution in [0.5, 0.6) is 0 Å². The second kappa shape index (κ2) is 6.26. The molecular weight excluding hydrogens is 242 g/mol. The summed E-state index contributed by atoms with van der Waals surface area (Å²) in [6.45, 7) is 3.10. The minimum Gasteiger partial charge on any atom is -0.335 e. The van der Waals surface area contributed by atoms with E-state index in [2.05, 4.69) is 42.2 Å². The normalized spacial score (nSPS) is 16.9. The minimum absolute atomic E-state index is 0.774. The zero-order chi connectivity index (χ0) is 12.8. The van der Waals surface area contributed by atoms with Gasteiger partial charge in [-0.25, -0.2) is 0 Å². The Balaban J connectivity index is 2.17. The van der Waals surface area contributed by atoms with Gasteiger partial charge in [0.25, 0.3) is 0 Å². The second-order valence-corrected chi connectivity index (χ2v) is 4.79. The number of nitrogens with zero attached hydrogens (tertiary/aromatic N) is 1. The molecule has 0 saturated heterocycles. The van der Waals surface area contributed by atoms with Gasteiger partial charge in [0.15, 0.2) is 0 Å². The molecule has 0 unspecified atom stereocenters. The van der Waals surface area contributed by atoms with Crippen LogP contribution < -0.4 is 4.90 Å². The van der Waals surface area contributed by atoms with Crippen molar-refractivity contribution in [2.45, 2.75) is 11.8 Å². The molecule has 1 aromatic carbocycles. The molecule has 92 valence electrons. The van der Waals surface area contributed by atoms with Crippen LogP contribution in [0, 0.1) is 0 Å². The van der Waals surface area contributed by atoms with Crippen LogP contribution in [0.25, 0.3) is 0 Å². The molecule has 0 radical (unpaired) electrons. The molecular formula is C15H15NOS. The molecule has 0 fully saturated rings. The number of hydrogen-bond donors (Lipinski definition) is 0. The van der Waals surface area contributed by atoms with Crippen LogP contribution in [-0.2, 0) is 4.79 Å². The summed E-state index contributed by atoms with van der Waals surface area (Å²) in [7, 11) is 0. The lowest BCUT2D eigenvalue weighted by atomic mass is 10.3. The van der Waals surface area contributed by atoms with Gasteiger partial charge in [-0.3, -0.25) is 4.79 Å². The van der Waals surface area contributed by atoms with E-state index in [-0.39, 0.29) is 0 Å². The highest BCUT2D eigenvalue weighted by atomic mass is 32.2. The van der Waals surface area contributed by atoms with Crippen LogP contribution >= 0.6 is 11.8 Å². The van der Waals surface area contributed by atoms with Gasteiger partial charge >= 0.3 is 0 Å². The lowest BCUT2D eigenvalue weighted by molar-refractivity contribution is -0.104. The predicted octanol–water partition coefficient (Wildman–Crippen LogP) is 3.77. The third kappa shape index (κ3) is 2.74. The number of fused-ring (bicyclic) bond motifs is 1. The molecule has 0 amide bonds. The fourth-order valence-corrected chi connectivity index (χ4v) is 2.95. The Hall–Kier alpha value is -1.74. The molecule has 0 atom stereocenters. The molecule has 2 rings (SSSR count). The van der Waals surface area contributed by atoms with Gasteiger partial charge in [0.2, 0.25) is 0 Å². The van der Waals surface area contributed by atoms with Crippen molar-refractivity contribution >= 4 is 23.7 Å². The van der Waals surface area contributed by atoms with E-state index in [9.17, 15) is 4.79 Å². The van der Waals surface area contributed by atoms with Crippen LogP contribution in [0.1, 0.15) is 6.92 Å². The number of para-hydroxylation sites is 1. The van der Waals surface area contributed by atoms with E-state index in [4.69, 9.17) is 0 Å². The van der Waals surface area contributed by atoms with Crippen LogP contribution in [0.4, 0.5) is 5.69 Å². The van der Waals surface area contributed by atoms with Crippen molar-refractivity contribution in [3.8, 4) is 0 Å². The van der Waals surface area contributed by atoms with Crippen molar-refractivity contribution in [2.75, 3.05) is 11.4 Å². The number of carbonyl (C=O) groups is 1. The van der Waals surface area contributed by atoms with Crippen molar-refractivity contribution in [1.82, 2.24) is 0 Å². The quantitative estimate of drug-likeness (QED) is 0.465. The van der Waals surface area contributed by atoms with Crippen LogP contribution in [0.15, 0.2) is 64.6 Å². The van der Waals surface area contributed by atoms with Crippen molar-refractivity contribution in [1.29, 1.82) is 0 Å². The first-order valence-corrected chi connectivity index (χ1v) is 6.71. The van der Waals surface area contributed by atoms with E-state index in [1.54, 1.807) is 17.8 Å². The fraction of sp³-hybridized carbons (Fsp3) is 0.133. The summed E-state index contributed by atoms with van der Waals surface area (Å²) in [5.74, 6) is 0. The molecule has 3 heteroatoms. The number of anilines is 1. The SMILES string of the molecule is CCN1C(=CC=C/C=C/C=O)Sc2ccccc21. The van der Waals surface area contributed by atoms with Gasteiger partial charge in [-0.1, -0.05) is 42.1 Å². The van der Waals surface area contributed by atoms with Crippen molar-refractivity contribution in [3.05, 3.63) is 59.7 Å². The number of thioether (sulfide) groups is 1. The first-order valence-electron chi connectivity index (χ1n) is 5.90. The third-order valence-corrected chi connectivity index (χ3v) is 3.73. The summed E-state index contributed by atoms with van der Waals surface area (Å²) in [6.07, 6.45) is 9.87. The number of allylic oxidation sites excluding steroid dienone is 5. The number of aldehydes is 1. The van der Waals surface area contributed by atoms with Crippen molar-refractivity contribution < 1.29 is 4.79 Å². The first-order chi connectivity index (χ1) is 8.86. The summed E-state index contributed by atoms with van der Waals surface area (Å²) in [5, 5.41) is 1.22.